The number of anilines is 2. The van der Waals surface area contributed by atoms with Crippen molar-refractivity contribution >= 4 is 11.4 Å². The van der Waals surface area contributed by atoms with Crippen molar-refractivity contribution in [1.29, 1.82) is 0 Å². The van der Waals surface area contributed by atoms with Crippen molar-refractivity contribution in [2.45, 2.75) is 92.9 Å². The van der Waals surface area contributed by atoms with Crippen molar-refractivity contribution in [1.82, 2.24) is 4.90 Å². The van der Waals surface area contributed by atoms with E-state index >= 15 is 0 Å². The number of nitrogens with one attached hydrogen (secondary N) is 2. The molecule has 0 amide bonds. The number of halogens is 2. The van der Waals surface area contributed by atoms with Crippen molar-refractivity contribution in [2.75, 3.05) is 43.9 Å². The Bertz CT molecular complexity index is 809. The van der Waals surface area contributed by atoms with Crippen molar-refractivity contribution in [3.63, 3.8) is 0 Å². The number of likely N-dealkylation sites (N-methyl/N-ethyl adjacent to an activating group) is 1. The molecule has 1 radical (unpaired) electrons. The zero-order chi connectivity index (χ0) is 25.6. The Kier molecular flexibility index (Phi) is 18.7. The first-order valence-corrected chi connectivity index (χ1v) is 13.4. The predicted molar refractivity (Wildman–Crippen MR) is 153 cm³/mol. The molecule has 0 atom stereocenters. The molecular formula is C31H51Br2CoN3. The molecule has 0 fully saturated rings. The summed E-state index contributed by atoms with van der Waals surface area (Å²) in [6.45, 7) is 26.7. The maximum absolute atomic E-state index is 3.80. The van der Waals surface area contributed by atoms with E-state index in [-0.39, 0.29) is 50.7 Å². The first-order chi connectivity index (χ1) is 15.9. The van der Waals surface area contributed by atoms with Gasteiger partial charge in [0.05, 0.1) is 0 Å². The average molecular weight is 685 g/mol. The predicted octanol–water partition coefficient (Wildman–Crippen LogP) is 2.26. The molecule has 6 heteroatoms. The molecule has 0 spiro atoms. The molecule has 0 bridgehead atoms. The van der Waals surface area contributed by atoms with Crippen LogP contribution in [-0.4, -0.2) is 38.1 Å². The third kappa shape index (κ3) is 11.2. The van der Waals surface area contributed by atoms with Gasteiger partial charge in [-0.25, -0.2) is 0 Å². The van der Waals surface area contributed by atoms with Crippen molar-refractivity contribution in [3.8, 4) is 0 Å². The second-order valence-corrected chi connectivity index (χ2v) is 11.4. The smallest absolute Gasteiger partial charge is 1.00 e. The first-order valence-electron chi connectivity index (χ1n) is 13.4. The molecule has 37 heavy (non-hydrogen) atoms. The molecule has 0 unspecified atom stereocenters. The van der Waals surface area contributed by atoms with Gasteiger partial charge < -0.3 is 49.5 Å². The summed E-state index contributed by atoms with van der Waals surface area (Å²) < 4.78 is 0. The van der Waals surface area contributed by atoms with Crippen LogP contribution in [-0.2, 0) is 16.8 Å². The van der Waals surface area contributed by atoms with Gasteiger partial charge in [0.15, 0.2) is 0 Å². The summed E-state index contributed by atoms with van der Waals surface area (Å²) in [5, 5.41) is 7.61. The van der Waals surface area contributed by atoms with E-state index in [1.54, 1.807) is 0 Å². The molecule has 0 aromatic heterocycles. The Balaban J connectivity index is 0. The third-order valence-corrected chi connectivity index (χ3v) is 6.77. The van der Waals surface area contributed by atoms with E-state index in [0.717, 1.165) is 26.2 Å². The van der Waals surface area contributed by atoms with Crippen LogP contribution >= 0.6 is 0 Å². The number of hydrogen-bond donors (Lipinski definition) is 2. The van der Waals surface area contributed by atoms with Gasteiger partial charge in [0, 0.05) is 37.6 Å². The van der Waals surface area contributed by atoms with E-state index < -0.39 is 0 Å². The van der Waals surface area contributed by atoms with Gasteiger partial charge in [-0.2, -0.15) is 0 Å². The molecule has 2 rings (SSSR count). The average Bonchev–Trinajstić information content (AvgIpc) is 2.74. The van der Waals surface area contributed by atoms with Crippen LogP contribution < -0.4 is 44.6 Å². The standard InChI is InChI=1S/C31H51N3.2BrH.Co/c1-20(2)26-16-24(9)17-27(21(3)4)30(26)32-12-14-34(11)15-13-33-31-28(22(5)6)18-25(10)19-29(31)23(7)8;;;/h16-23,32-33H,12-15H2,1-11H3;2*1H;/q;;;+2/p-2. The summed E-state index contributed by atoms with van der Waals surface area (Å²) in [4.78, 5) is 2.43. The summed E-state index contributed by atoms with van der Waals surface area (Å²) in [6.07, 6.45) is 0. The monoisotopic (exact) mass is 682 g/mol. The van der Waals surface area contributed by atoms with Crippen molar-refractivity contribution in [2.24, 2.45) is 0 Å². The van der Waals surface area contributed by atoms with E-state index in [4.69, 9.17) is 0 Å². The first kappa shape index (κ1) is 38.6. The van der Waals surface area contributed by atoms with Crippen LogP contribution in [0.3, 0.4) is 0 Å². The quantitative estimate of drug-likeness (QED) is 0.360. The second kappa shape index (κ2) is 17.9. The molecule has 0 aliphatic heterocycles. The fraction of sp³-hybridized carbons (Fsp3) is 0.613. The summed E-state index contributed by atoms with van der Waals surface area (Å²) >= 11 is 0. The minimum atomic E-state index is 0. The maximum atomic E-state index is 3.80. The van der Waals surface area contributed by atoms with Gasteiger partial charge in [-0.3, -0.25) is 0 Å². The number of hydrogen-bond acceptors (Lipinski definition) is 3. The van der Waals surface area contributed by atoms with Gasteiger partial charge >= 0.3 is 16.8 Å². The molecule has 0 aliphatic carbocycles. The number of nitrogens with zero attached hydrogens (tertiary/aromatic N) is 1. The van der Waals surface area contributed by atoms with Crippen LogP contribution in [0.15, 0.2) is 24.3 Å². The van der Waals surface area contributed by atoms with Crippen molar-refractivity contribution in [3.05, 3.63) is 57.6 Å². The molecule has 2 aromatic rings. The third-order valence-electron chi connectivity index (χ3n) is 6.77. The van der Waals surface area contributed by atoms with Crippen LogP contribution in [0.25, 0.3) is 0 Å². The molecule has 2 N–H and O–H groups in total. The summed E-state index contributed by atoms with van der Waals surface area (Å²) in [5.74, 6) is 2.06. The summed E-state index contributed by atoms with van der Waals surface area (Å²) in [6, 6.07) is 9.42. The topological polar surface area (TPSA) is 27.3 Å². The minimum absolute atomic E-state index is 0. The number of benzene rings is 2. The fourth-order valence-corrected chi connectivity index (χ4v) is 4.77. The van der Waals surface area contributed by atoms with Gasteiger partial charge in [-0.05, 0) is 66.8 Å². The van der Waals surface area contributed by atoms with Crippen LogP contribution in [0.2, 0.25) is 0 Å². The largest absolute Gasteiger partial charge is 2.00 e. The number of rotatable bonds is 12. The van der Waals surface area contributed by atoms with E-state index in [1.165, 1.54) is 44.8 Å². The SMILES string of the molecule is Cc1cc(C(C)C)c(NCCN(C)CCNc2c(C(C)C)cc(C)cc2C(C)C)c(C(C)C)c1.[Br-].[Br-].[Co+2]. The zero-order valence-electron chi connectivity index (χ0n) is 25.0. The molecule has 3 nitrogen and oxygen atoms in total. The Morgan fingerprint density at radius 3 is 1.03 bits per heavy atom. The van der Waals surface area contributed by atoms with E-state index in [1.807, 2.05) is 0 Å². The minimum Gasteiger partial charge on any atom is -1.00 e. The molecule has 213 valence electrons. The fourth-order valence-electron chi connectivity index (χ4n) is 4.77. The van der Waals surface area contributed by atoms with Crippen LogP contribution in [0.4, 0.5) is 11.4 Å². The Morgan fingerprint density at radius 2 is 0.811 bits per heavy atom. The molecule has 0 heterocycles. The Hall–Kier alpha value is -0.534. The number of aryl methyl sites for hydroxylation is 2. The molecule has 0 aliphatic rings. The summed E-state index contributed by atoms with van der Waals surface area (Å²) in [7, 11) is 2.23. The van der Waals surface area contributed by atoms with Gasteiger partial charge in [0.2, 0.25) is 0 Å². The normalized spacial score (nSPS) is 11.0. The second-order valence-electron chi connectivity index (χ2n) is 11.4. The van der Waals surface area contributed by atoms with Crippen LogP contribution in [0.1, 0.15) is 112 Å². The Morgan fingerprint density at radius 1 is 0.568 bits per heavy atom. The molecular weight excluding hydrogens is 633 g/mol. The Labute approximate surface area is 260 Å². The summed E-state index contributed by atoms with van der Waals surface area (Å²) in [5.41, 5.74) is 11.2. The van der Waals surface area contributed by atoms with E-state index in [9.17, 15) is 0 Å². The van der Waals surface area contributed by atoms with Crippen LogP contribution in [0, 0.1) is 13.8 Å². The molecule has 0 saturated carbocycles. The maximum Gasteiger partial charge on any atom is 2.00 e. The van der Waals surface area contributed by atoms with Crippen molar-refractivity contribution < 1.29 is 50.7 Å². The van der Waals surface area contributed by atoms with Gasteiger partial charge in [0.1, 0.15) is 0 Å². The molecule has 2 aromatic carbocycles. The van der Waals surface area contributed by atoms with Gasteiger partial charge in [-0.1, -0.05) is 90.8 Å². The zero-order valence-corrected chi connectivity index (χ0v) is 29.2. The van der Waals surface area contributed by atoms with Gasteiger partial charge in [0.25, 0.3) is 0 Å². The molecule has 0 saturated heterocycles. The van der Waals surface area contributed by atoms with Crippen LogP contribution in [0.5, 0.6) is 0 Å². The van der Waals surface area contributed by atoms with E-state index in [0.29, 0.717) is 23.7 Å². The van der Waals surface area contributed by atoms with E-state index in [2.05, 4.69) is 116 Å². The van der Waals surface area contributed by atoms with Gasteiger partial charge in [-0.15, -0.1) is 0 Å².